The van der Waals surface area contributed by atoms with E-state index in [-0.39, 0.29) is 11.6 Å². The van der Waals surface area contributed by atoms with Gasteiger partial charge in [0, 0.05) is 18.7 Å². The Balaban J connectivity index is 2.22. The summed E-state index contributed by atoms with van der Waals surface area (Å²) >= 11 is 0. The van der Waals surface area contributed by atoms with Crippen LogP contribution in [0.3, 0.4) is 0 Å². The fourth-order valence-electron chi connectivity index (χ4n) is 2.65. The van der Waals surface area contributed by atoms with Crippen molar-refractivity contribution in [3.8, 4) is 5.75 Å². The predicted octanol–water partition coefficient (Wildman–Crippen LogP) is 1.60. The molecule has 0 aromatic heterocycles. The lowest BCUT2D eigenvalue weighted by Crippen LogP contribution is -2.40. The number of urea groups is 1. The van der Waals surface area contributed by atoms with Crippen LogP contribution in [-0.4, -0.2) is 49.3 Å². The molecule has 0 spiro atoms. The number of nitrogens with zero attached hydrogens (tertiary/aromatic N) is 1. The standard InChI is InChI=1S/C17H23N3O5/c1-3-4-5-12(16(22)23)19-15(21)11-6-7-14(25-2)13(10-11)20-9-8-18-17(20)24/h6-7,10,12H,3-5,8-9H2,1-2H3,(H,18,24)(H,19,21)(H,22,23)/t12-/m0/s1. The molecule has 1 fully saturated rings. The van der Waals surface area contributed by atoms with Crippen molar-refractivity contribution in [2.75, 3.05) is 25.1 Å². The fourth-order valence-corrected chi connectivity index (χ4v) is 2.65. The van der Waals surface area contributed by atoms with Gasteiger partial charge in [0.2, 0.25) is 0 Å². The van der Waals surface area contributed by atoms with Gasteiger partial charge in [-0.25, -0.2) is 9.59 Å². The first-order chi connectivity index (χ1) is 12.0. The van der Waals surface area contributed by atoms with Crippen molar-refractivity contribution in [3.05, 3.63) is 23.8 Å². The molecule has 2 rings (SSSR count). The van der Waals surface area contributed by atoms with Crippen molar-refractivity contribution in [2.24, 2.45) is 0 Å². The van der Waals surface area contributed by atoms with Crippen LogP contribution in [0.2, 0.25) is 0 Å². The summed E-state index contributed by atoms with van der Waals surface area (Å²) < 4.78 is 5.27. The molecule has 1 atom stereocenters. The molecule has 1 aliphatic rings. The summed E-state index contributed by atoms with van der Waals surface area (Å²) in [6, 6.07) is 3.48. The second kappa shape index (κ2) is 8.36. The first kappa shape index (κ1) is 18.6. The number of ether oxygens (including phenoxy) is 1. The first-order valence-electron chi connectivity index (χ1n) is 8.25. The maximum atomic E-state index is 12.4. The van der Waals surface area contributed by atoms with E-state index in [1.54, 1.807) is 12.1 Å². The number of hydrogen-bond acceptors (Lipinski definition) is 4. The monoisotopic (exact) mass is 349 g/mol. The van der Waals surface area contributed by atoms with Gasteiger partial charge in [0.05, 0.1) is 12.8 Å². The van der Waals surface area contributed by atoms with Crippen LogP contribution in [0, 0.1) is 0 Å². The summed E-state index contributed by atoms with van der Waals surface area (Å²) in [5, 5.41) is 14.5. The molecule has 1 aromatic rings. The highest BCUT2D eigenvalue weighted by atomic mass is 16.5. The van der Waals surface area contributed by atoms with E-state index in [0.29, 0.717) is 37.4 Å². The van der Waals surface area contributed by atoms with Crippen LogP contribution in [0.5, 0.6) is 5.75 Å². The zero-order chi connectivity index (χ0) is 18.4. The second-order valence-corrected chi connectivity index (χ2v) is 5.78. The summed E-state index contributed by atoms with van der Waals surface area (Å²) in [5.41, 5.74) is 0.754. The van der Waals surface area contributed by atoms with Crippen LogP contribution in [0.25, 0.3) is 0 Å². The third-order valence-electron chi connectivity index (χ3n) is 4.04. The van der Waals surface area contributed by atoms with Gasteiger partial charge in [0.25, 0.3) is 5.91 Å². The molecule has 25 heavy (non-hydrogen) atoms. The minimum absolute atomic E-state index is 0.262. The van der Waals surface area contributed by atoms with E-state index >= 15 is 0 Å². The number of unbranched alkanes of at least 4 members (excludes halogenated alkanes) is 1. The number of anilines is 1. The molecule has 0 saturated carbocycles. The number of hydrogen-bond donors (Lipinski definition) is 3. The summed E-state index contributed by atoms with van der Waals surface area (Å²) in [6.07, 6.45) is 1.92. The van der Waals surface area contributed by atoms with E-state index in [2.05, 4.69) is 10.6 Å². The summed E-state index contributed by atoms with van der Waals surface area (Å²) in [6.45, 7) is 2.93. The molecule has 1 aromatic carbocycles. The number of carbonyl (C=O) groups excluding carboxylic acids is 2. The molecule has 3 N–H and O–H groups in total. The summed E-state index contributed by atoms with van der Waals surface area (Å²) in [5.74, 6) is -1.09. The van der Waals surface area contributed by atoms with Gasteiger partial charge in [0.1, 0.15) is 11.8 Å². The lowest BCUT2D eigenvalue weighted by atomic mass is 10.1. The van der Waals surface area contributed by atoms with Gasteiger partial charge in [0.15, 0.2) is 0 Å². The molecule has 1 heterocycles. The lowest BCUT2D eigenvalue weighted by molar-refractivity contribution is -0.139. The molecule has 0 unspecified atom stereocenters. The normalized spacial score (nSPS) is 14.8. The Kier molecular flexibility index (Phi) is 6.21. The van der Waals surface area contributed by atoms with Crippen LogP contribution in [0.15, 0.2) is 18.2 Å². The molecule has 0 aliphatic carbocycles. The van der Waals surface area contributed by atoms with Crippen LogP contribution < -0.4 is 20.3 Å². The minimum Gasteiger partial charge on any atom is -0.495 e. The Hall–Kier alpha value is -2.77. The Morgan fingerprint density at radius 1 is 1.44 bits per heavy atom. The minimum atomic E-state index is -1.06. The highest BCUT2D eigenvalue weighted by Crippen LogP contribution is 2.30. The largest absolute Gasteiger partial charge is 0.495 e. The maximum absolute atomic E-state index is 12.4. The van der Waals surface area contributed by atoms with Gasteiger partial charge >= 0.3 is 12.0 Å². The van der Waals surface area contributed by atoms with Gasteiger partial charge in [-0.2, -0.15) is 0 Å². The summed E-state index contributed by atoms with van der Waals surface area (Å²) in [4.78, 5) is 37.1. The Bertz CT molecular complexity index is 662. The number of carboxylic acid groups (broad SMARTS) is 1. The van der Waals surface area contributed by atoms with Crippen LogP contribution >= 0.6 is 0 Å². The van der Waals surface area contributed by atoms with Gasteiger partial charge in [-0.1, -0.05) is 19.8 Å². The smallest absolute Gasteiger partial charge is 0.326 e. The number of nitrogens with one attached hydrogen (secondary N) is 2. The SMILES string of the molecule is CCCC[C@H](NC(=O)c1ccc(OC)c(N2CCNC2=O)c1)C(=O)O. The number of aliphatic carboxylic acids is 1. The molecule has 1 aliphatic heterocycles. The molecule has 1 saturated heterocycles. The van der Waals surface area contributed by atoms with Crippen LogP contribution in [0.4, 0.5) is 10.5 Å². The third-order valence-corrected chi connectivity index (χ3v) is 4.04. The molecular weight excluding hydrogens is 326 g/mol. The Labute approximate surface area is 146 Å². The average Bonchev–Trinajstić information content (AvgIpc) is 3.03. The average molecular weight is 349 g/mol. The van der Waals surface area contributed by atoms with Crippen molar-refractivity contribution < 1.29 is 24.2 Å². The number of rotatable bonds is 8. The third kappa shape index (κ3) is 4.40. The van der Waals surface area contributed by atoms with Gasteiger partial charge in [-0.3, -0.25) is 9.69 Å². The van der Waals surface area contributed by atoms with Gasteiger partial charge in [-0.15, -0.1) is 0 Å². The summed E-state index contributed by atoms with van der Waals surface area (Å²) in [7, 11) is 1.48. The number of carbonyl (C=O) groups is 3. The molecule has 136 valence electrons. The molecular formula is C17H23N3O5. The molecule has 3 amide bonds. The van der Waals surface area contributed by atoms with E-state index in [4.69, 9.17) is 4.74 Å². The quantitative estimate of drug-likeness (QED) is 0.661. The number of benzene rings is 1. The topological polar surface area (TPSA) is 108 Å². The Morgan fingerprint density at radius 2 is 2.20 bits per heavy atom. The molecule has 8 heteroatoms. The van der Waals surface area contributed by atoms with Gasteiger partial charge in [-0.05, 0) is 24.6 Å². The molecule has 0 radical (unpaired) electrons. The van der Waals surface area contributed by atoms with E-state index < -0.39 is 17.9 Å². The van der Waals surface area contributed by atoms with E-state index in [0.717, 1.165) is 6.42 Å². The molecule has 8 nitrogen and oxygen atoms in total. The molecule has 0 bridgehead atoms. The van der Waals surface area contributed by atoms with E-state index in [9.17, 15) is 19.5 Å². The van der Waals surface area contributed by atoms with Crippen molar-refractivity contribution in [1.29, 1.82) is 0 Å². The zero-order valence-corrected chi connectivity index (χ0v) is 14.4. The lowest BCUT2D eigenvalue weighted by Gasteiger charge is -2.19. The van der Waals surface area contributed by atoms with Crippen molar-refractivity contribution in [2.45, 2.75) is 32.2 Å². The fraction of sp³-hybridized carbons (Fsp3) is 0.471. The number of carboxylic acids is 1. The van der Waals surface area contributed by atoms with E-state index in [1.165, 1.54) is 18.1 Å². The number of methoxy groups -OCH3 is 1. The Morgan fingerprint density at radius 3 is 2.76 bits per heavy atom. The highest BCUT2D eigenvalue weighted by molar-refractivity contribution is 6.00. The maximum Gasteiger partial charge on any atom is 0.326 e. The van der Waals surface area contributed by atoms with E-state index in [1.807, 2.05) is 6.92 Å². The highest BCUT2D eigenvalue weighted by Gasteiger charge is 2.26. The zero-order valence-electron chi connectivity index (χ0n) is 14.4. The first-order valence-corrected chi connectivity index (χ1v) is 8.25. The number of amides is 3. The van der Waals surface area contributed by atoms with Crippen molar-refractivity contribution >= 4 is 23.6 Å². The predicted molar refractivity (Wildman–Crippen MR) is 92.2 cm³/mol. The van der Waals surface area contributed by atoms with Crippen LogP contribution in [0.1, 0.15) is 36.5 Å². The van der Waals surface area contributed by atoms with Gasteiger partial charge < -0.3 is 20.5 Å². The van der Waals surface area contributed by atoms with Crippen molar-refractivity contribution in [3.63, 3.8) is 0 Å². The van der Waals surface area contributed by atoms with Crippen molar-refractivity contribution in [1.82, 2.24) is 10.6 Å². The second-order valence-electron chi connectivity index (χ2n) is 5.78. The van der Waals surface area contributed by atoms with Crippen LogP contribution in [-0.2, 0) is 4.79 Å².